The fourth-order valence-electron chi connectivity index (χ4n) is 1.05. The Hall–Kier alpha value is -1.37. The molecule has 72 valence electrons. The van der Waals surface area contributed by atoms with Gasteiger partial charge in [0.25, 0.3) is 5.91 Å². The van der Waals surface area contributed by atoms with E-state index < -0.39 is 11.7 Å². The van der Waals surface area contributed by atoms with Crippen LogP contribution in [0.15, 0.2) is 12.4 Å². The van der Waals surface area contributed by atoms with Gasteiger partial charge in [0.2, 0.25) is 0 Å². The van der Waals surface area contributed by atoms with E-state index in [2.05, 4.69) is 6.58 Å². The molecule has 0 aliphatic carbocycles. The Kier molecular flexibility index (Phi) is 4.75. The largest absolute Gasteiger partial charge is 0.333 e. The predicted molar refractivity (Wildman–Crippen MR) is 47.3 cm³/mol. The molecular formula is C9H13FN2O. The number of rotatable bonds is 4. The molecule has 0 saturated carbocycles. The van der Waals surface area contributed by atoms with Crippen molar-refractivity contribution in [2.45, 2.75) is 26.3 Å². The van der Waals surface area contributed by atoms with Crippen molar-refractivity contribution in [3.8, 4) is 6.07 Å². The minimum atomic E-state index is -0.980. The number of hydrogen-bond acceptors (Lipinski definition) is 2. The average molecular weight is 184 g/mol. The fraction of sp³-hybridized carbons (Fsp3) is 0.556. The smallest absolute Gasteiger partial charge is 0.282 e. The maximum absolute atomic E-state index is 12.5. The molecule has 3 nitrogen and oxygen atoms in total. The van der Waals surface area contributed by atoms with Gasteiger partial charge in [0.05, 0.1) is 12.5 Å². The summed E-state index contributed by atoms with van der Waals surface area (Å²) in [4.78, 5) is 12.4. The minimum absolute atomic E-state index is 0.201. The third kappa shape index (κ3) is 3.24. The van der Waals surface area contributed by atoms with Crippen molar-refractivity contribution in [3.63, 3.8) is 0 Å². The summed E-state index contributed by atoms with van der Waals surface area (Å²) in [6.45, 7) is 6.74. The van der Waals surface area contributed by atoms with Crippen molar-refractivity contribution in [1.82, 2.24) is 4.90 Å². The Morgan fingerprint density at radius 3 is 2.62 bits per heavy atom. The van der Waals surface area contributed by atoms with E-state index in [-0.39, 0.29) is 12.5 Å². The van der Waals surface area contributed by atoms with E-state index in [9.17, 15) is 9.18 Å². The number of hydrogen-bond donors (Lipinski definition) is 0. The number of carbonyl (C=O) groups is 1. The van der Waals surface area contributed by atoms with Crippen LogP contribution in [0.3, 0.4) is 0 Å². The van der Waals surface area contributed by atoms with Gasteiger partial charge in [0.15, 0.2) is 5.83 Å². The van der Waals surface area contributed by atoms with Crippen molar-refractivity contribution in [2.24, 2.45) is 0 Å². The lowest BCUT2D eigenvalue weighted by atomic mass is 10.2. The van der Waals surface area contributed by atoms with Crippen molar-refractivity contribution in [2.75, 3.05) is 6.54 Å². The molecular weight excluding hydrogens is 171 g/mol. The highest BCUT2D eigenvalue weighted by atomic mass is 19.1. The molecule has 13 heavy (non-hydrogen) atoms. The predicted octanol–water partition coefficient (Wildman–Crippen LogP) is 1.62. The summed E-state index contributed by atoms with van der Waals surface area (Å²) in [6, 6.07) is 1.66. The summed E-state index contributed by atoms with van der Waals surface area (Å²) >= 11 is 0. The molecule has 0 aliphatic heterocycles. The van der Waals surface area contributed by atoms with Crippen LogP contribution in [0.1, 0.15) is 20.3 Å². The fourth-order valence-corrected chi connectivity index (χ4v) is 1.05. The van der Waals surface area contributed by atoms with Gasteiger partial charge in [-0.1, -0.05) is 6.58 Å². The lowest BCUT2D eigenvalue weighted by Gasteiger charge is -2.25. The molecule has 0 aliphatic rings. The van der Waals surface area contributed by atoms with Crippen LogP contribution in [0.25, 0.3) is 0 Å². The molecule has 1 atom stereocenters. The van der Waals surface area contributed by atoms with Crippen molar-refractivity contribution in [1.29, 1.82) is 5.26 Å². The van der Waals surface area contributed by atoms with Gasteiger partial charge < -0.3 is 4.90 Å². The Balaban J connectivity index is 4.42. The molecule has 0 N–H and O–H groups in total. The first-order valence-corrected chi connectivity index (χ1v) is 4.06. The van der Waals surface area contributed by atoms with Crippen LogP contribution in [0.2, 0.25) is 0 Å². The first kappa shape index (κ1) is 11.6. The van der Waals surface area contributed by atoms with E-state index in [4.69, 9.17) is 5.26 Å². The van der Waals surface area contributed by atoms with Crippen molar-refractivity contribution in [3.05, 3.63) is 12.4 Å². The van der Waals surface area contributed by atoms with Crippen LogP contribution in [0.4, 0.5) is 4.39 Å². The zero-order chi connectivity index (χ0) is 10.4. The number of likely N-dealkylation sites (N-methyl/N-ethyl adjacent to an activating group) is 1. The molecule has 0 spiro atoms. The zero-order valence-corrected chi connectivity index (χ0v) is 7.88. The lowest BCUT2D eigenvalue weighted by Crippen LogP contribution is -2.38. The monoisotopic (exact) mass is 184 g/mol. The Labute approximate surface area is 77.4 Å². The van der Waals surface area contributed by atoms with E-state index in [1.807, 2.05) is 6.07 Å². The molecule has 4 heteroatoms. The van der Waals surface area contributed by atoms with E-state index in [0.29, 0.717) is 6.54 Å². The van der Waals surface area contributed by atoms with Crippen LogP contribution in [-0.4, -0.2) is 23.4 Å². The Morgan fingerprint density at radius 1 is 1.77 bits per heavy atom. The summed E-state index contributed by atoms with van der Waals surface area (Å²) in [5, 5.41) is 8.40. The van der Waals surface area contributed by atoms with Gasteiger partial charge in [-0.3, -0.25) is 4.79 Å². The number of amides is 1. The second-order valence-electron chi connectivity index (χ2n) is 2.71. The van der Waals surface area contributed by atoms with Gasteiger partial charge in [-0.05, 0) is 13.8 Å². The SMILES string of the molecule is C=C(F)C(=O)N(CC)[C@H](C)CC#N. The second-order valence-corrected chi connectivity index (χ2v) is 2.71. The highest BCUT2D eigenvalue weighted by molar-refractivity contribution is 5.90. The van der Waals surface area contributed by atoms with Gasteiger partial charge >= 0.3 is 0 Å². The van der Waals surface area contributed by atoms with E-state index in [0.717, 1.165) is 0 Å². The number of nitrogens with zero attached hydrogens (tertiary/aromatic N) is 2. The molecule has 0 radical (unpaired) electrons. The van der Waals surface area contributed by atoms with Crippen LogP contribution < -0.4 is 0 Å². The Morgan fingerprint density at radius 2 is 2.31 bits per heavy atom. The van der Waals surface area contributed by atoms with Gasteiger partial charge in [0, 0.05) is 12.6 Å². The normalized spacial score (nSPS) is 11.5. The molecule has 0 aromatic carbocycles. The van der Waals surface area contributed by atoms with Crippen LogP contribution in [0.5, 0.6) is 0 Å². The average Bonchev–Trinajstić information content (AvgIpc) is 2.05. The lowest BCUT2D eigenvalue weighted by molar-refractivity contribution is -0.130. The standard InChI is InChI=1S/C9H13FN2O/c1-4-12(7(2)5-6-11)9(13)8(3)10/h7H,3-5H2,1-2H3/t7-/m1/s1. The second kappa shape index (κ2) is 5.31. The summed E-state index contributed by atoms with van der Waals surface area (Å²) in [7, 11) is 0. The molecule has 0 unspecified atom stereocenters. The van der Waals surface area contributed by atoms with Gasteiger partial charge in [-0.2, -0.15) is 5.26 Å². The molecule has 1 amide bonds. The maximum atomic E-state index is 12.5. The molecule has 0 aromatic heterocycles. The van der Waals surface area contributed by atoms with Gasteiger partial charge in [0.1, 0.15) is 0 Å². The number of carbonyl (C=O) groups excluding carboxylic acids is 1. The summed E-state index contributed by atoms with van der Waals surface area (Å²) in [6.07, 6.45) is 0.201. The first-order chi connectivity index (χ1) is 6.04. The third-order valence-corrected chi connectivity index (χ3v) is 1.75. The molecule has 0 fully saturated rings. The molecule has 0 bridgehead atoms. The summed E-state index contributed by atoms with van der Waals surface area (Å²) in [5.74, 6) is -1.71. The van der Waals surface area contributed by atoms with Gasteiger partial charge in [-0.25, -0.2) is 4.39 Å². The molecule has 0 saturated heterocycles. The highest BCUT2D eigenvalue weighted by Gasteiger charge is 2.20. The third-order valence-electron chi connectivity index (χ3n) is 1.75. The summed E-state index contributed by atoms with van der Waals surface area (Å²) < 4.78 is 12.5. The molecule has 0 heterocycles. The van der Waals surface area contributed by atoms with Crippen molar-refractivity contribution < 1.29 is 9.18 Å². The van der Waals surface area contributed by atoms with Crippen LogP contribution in [-0.2, 0) is 4.79 Å². The first-order valence-electron chi connectivity index (χ1n) is 4.06. The van der Waals surface area contributed by atoms with Crippen LogP contribution in [0, 0.1) is 11.3 Å². The topological polar surface area (TPSA) is 44.1 Å². The molecule has 0 rings (SSSR count). The van der Waals surface area contributed by atoms with E-state index in [1.165, 1.54) is 4.90 Å². The van der Waals surface area contributed by atoms with Gasteiger partial charge in [-0.15, -0.1) is 0 Å². The maximum Gasteiger partial charge on any atom is 0.282 e. The number of nitriles is 1. The van der Waals surface area contributed by atoms with Crippen molar-refractivity contribution >= 4 is 5.91 Å². The quantitative estimate of drug-likeness (QED) is 0.623. The number of halogens is 1. The zero-order valence-electron chi connectivity index (χ0n) is 7.88. The summed E-state index contributed by atoms with van der Waals surface area (Å²) in [5.41, 5.74) is 0. The minimum Gasteiger partial charge on any atom is -0.333 e. The van der Waals surface area contributed by atoms with E-state index >= 15 is 0 Å². The van der Waals surface area contributed by atoms with Crippen LogP contribution >= 0.6 is 0 Å². The molecule has 0 aromatic rings. The highest BCUT2D eigenvalue weighted by Crippen LogP contribution is 2.08. The van der Waals surface area contributed by atoms with E-state index in [1.54, 1.807) is 13.8 Å². The Bertz CT molecular complexity index is 244.